The molecular weight excluding hydrogens is 210 g/mol. The number of carbonyl (C=O) groups is 2. The van der Waals surface area contributed by atoms with Gasteiger partial charge in [-0.15, -0.1) is 0 Å². The molecule has 0 aromatic carbocycles. The van der Waals surface area contributed by atoms with Crippen molar-refractivity contribution in [2.75, 3.05) is 6.61 Å². The van der Waals surface area contributed by atoms with E-state index in [1.54, 1.807) is 6.92 Å². The molecule has 0 spiro atoms. The van der Waals surface area contributed by atoms with Crippen LogP contribution in [0.25, 0.3) is 0 Å². The van der Waals surface area contributed by atoms with Crippen LogP contribution in [0.3, 0.4) is 0 Å². The van der Waals surface area contributed by atoms with E-state index >= 15 is 0 Å². The topological polar surface area (TPSA) is 73.2 Å². The summed E-state index contributed by atoms with van der Waals surface area (Å²) in [7, 11) is 0. The van der Waals surface area contributed by atoms with Crippen molar-refractivity contribution in [3.8, 4) is 0 Å². The molecule has 1 aliphatic rings. The molecule has 1 N–H and O–H groups in total. The van der Waals surface area contributed by atoms with Crippen molar-refractivity contribution in [1.29, 1.82) is 0 Å². The molecule has 0 bridgehead atoms. The molecule has 0 fully saturated rings. The number of carbonyl (C=O) groups excluding carboxylic acids is 2. The van der Waals surface area contributed by atoms with E-state index in [9.17, 15) is 9.59 Å². The van der Waals surface area contributed by atoms with E-state index in [0.29, 0.717) is 18.8 Å². The second-order valence-corrected chi connectivity index (χ2v) is 3.69. The zero-order chi connectivity index (χ0) is 11.7. The lowest BCUT2D eigenvalue weighted by atomic mass is 10.2. The average molecular weight is 223 g/mol. The Morgan fingerprint density at radius 3 is 3.19 bits per heavy atom. The van der Waals surface area contributed by atoms with Crippen LogP contribution in [0.1, 0.15) is 34.8 Å². The fraction of sp³-hybridized carbons (Fsp3) is 0.500. The molecule has 0 aliphatic carbocycles. The van der Waals surface area contributed by atoms with Gasteiger partial charge in [0.2, 0.25) is 0 Å². The van der Waals surface area contributed by atoms with Gasteiger partial charge in [0.05, 0.1) is 13.2 Å². The highest BCUT2D eigenvalue weighted by molar-refractivity contribution is 5.96. The van der Waals surface area contributed by atoms with Gasteiger partial charge < -0.3 is 10.1 Å². The number of nitrogens with zero attached hydrogens (tertiary/aromatic N) is 2. The first-order chi connectivity index (χ1) is 7.61. The summed E-state index contributed by atoms with van der Waals surface area (Å²) in [6.45, 7) is 4.47. The smallest absolute Gasteiger partial charge is 0.358 e. The molecule has 2 heterocycles. The monoisotopic (exact) mass is 223 g/mol. The third-order valence-electron chi connectivity index (χ3n) is 2.32. The maximum atomic E-state index is 11.6. The van der Waals surface area contributed by atoms with Crippen LogP contribution in [0.4, 0.5) is 0 Å². The number of fused-ring (bicyclic) bond motifs is 1. The molecule has 1 atom stereocenters. The molecule has 1 amide bonds. The molecule has 0 unspecified atom stereocenters. The Morgan fingerprint density at radius 2 is 2.50 bits per heavy atom. The Balaban J connectivity index is 2.30. The zero-order valence-corrected chi connectivity index (χ0v) is 9.19. The number of hydrogen-bond acceptors (Lipinski definition) is 4. The van der Waals surface area contributed by atoms with Gasteiger partial charge in [0, 0.05) is 12.1 Å². The van der Waals surface area contributed by atoms with Gasteiger partial charge in [0.15, 0.2) is 5.69 Å². The molecule has 1 aromatic heterocycles. The normalized spacial score (nSPS) is 18.9. The van der Waals surface area contributed by atoms with Gasteiger partial charge >= 0.3 is 5.97 Å². The summed E-state index contributed by atoms with van der Waals surface area (Å²) in [6.07, 6.45) is 0. The number of aromatic nitrogens is 2. The number of esters is 1. The van der Waals surface area contributed by atoms with E-state index in [1.165, 1.54) is 10.7 Å². The Labute approximate surface area is 92.6 Å². The van der Waals surface area contributed by atoms with Crippen molar-refractivity contribution in [1.82, 2.24) is 15.1 Å². The fourth-order valence-corrected chi connectivity index (χ4v) is 1.65. The van der Waals surface area contributed by atoms with Crippen molar-refractivity contribution in [2.45, 2.75) is 26.4 Å². The van der Waals surface area contributed by atoms with E-state index in [1.807, 2.05) is 6.92 Å². The third-order valence-corrected chi connectivity index (χ3v) is 2.32. The van der Waals surface area contributed by atoms with Gasteiger partial charge in [-0.3, -0.25) is 9.48 Å². The lowest BCUT2D eigenvalue weighted by Gasteiger charge is -2.20. The van der Waals surface area contributed by atoms with Crippen LogP contribution in [-0.2, 0) is 11.3 Å². The SMILES string of the molecule is CCOC(=O)c1cc2n(n1)C[C@H](C)NC2=O. The number of amides is 1. The highest BCUT2D eigenvalue weighted by Gasteiger charge is 2.25. The number of nitrogens with one attached hydrogen (secondary N) is 1. The Hall–Kier alpha value is -1.85. The molecule has 16 heavy (non-hydrogen) atoms. The summed E-state index contributed by atoms with van der Waals surface area (Å²) < 4.78 is 6.36. The molecule has 0 saturated carbocycles. The van der Waals surface area contributed by atoms with Crippen molar-refractivity contribution >= 4 is 11.9 Å². The van der Waals surface area contributed by atoms with E-state index in [0.717, 1.165) is 0 Å². The quantitative estimate of drug-likeness (QED) is 0.726. The molecule has 1 aromatic rings. The van der Waals surface area contributed by atoms with Crippen molar-refractivity contribution < 1.29 is 14.3 Å². The third kappa shape index (κ3) is 1.78. The van der Waals surface area contributed by atoms with E-state index in [2.05, 4.69) is 10.4 Å². The van der Waals surface area contributed by atoms with E-state index in [-0.39, 0.29) is 17.6 Å². The summed E-state index contributed by atoms with van der Waals surface area (Å²) >= 11 is 0. The Kier molecular flexibility index (Phi) is 2.64. The summed E-state index contributed by atoms with van der Waals surface area (Å²) in [5.74, 6) is -0.702. The number of ether oxygens (including phenoxy) is 1. The molecule has 0 saturated heterocycles. The summed E-state index contributed by atoms with van der Waals surface area (Å²) in [5, 5.41) is 6.82. The van der Waals surface area contributed by atoms with Gasteiger partial charge in [-0.2, -0.15) is 5.10 Å². The highest BCUT2D eigenvalue weighted by atomic mass is 16.5. The van der Waals surface area contributed by atoms with Crippen molar-refractivity contribution in [2.24, 2.45) is 0 Å². The van der Waals surface area contributed by atoms with Crippen LogP contribution in [-0.4, -0.2) is 34.3 Å². The minimum Gasteiger partial charge on any atom is -0.461 e. The van der Waals surface area contributed by atoms with Gasteiger partial charge in [-0.25, -0.2) is 4.79 Å². The second-order valence-electron chi connectivity index (χ2n) is 3.69. The minimum atomic E-state index is -0.496. The number of rotatable bonds is 2. The van der Waals surface area contributed by atoms with Crippen LogP contribution in [0.15, 0.2) is 6.07 Å². The molecule has 86 valence electrons. The predicted molar refractivity (Wildman–Crippen MR) is 55.1 cm³/mol. The van der Waals surface area contributed by atoms with Gasteiger partial charge in [-0.05, 0) is 13.8 Å². The predicted octanol–water partition coefficient (Wildman–Crippen LogP) is 0.192. The number of hydrogen-bond donors (Lipinski definition) is 1. The van der Waals surface area contributed by atoms with Crippen LogP contribution >= 0.6 is 0 Å². The molecule has 2 rings (SSSR count). The standard InChI is InChI=1S/C10H13N3O3/c1-3-16-10(15)7-4-8-9(14)11-6(2)5-13(8)12-7/h4,6H,3,5H2,1-2H3,(H,11,14)/t6-/m0/s1. The minimum absolute atomic E-state index is 0.0231. The molecule has 6 heteroatoms. The van der Waals surface area contributed by atoms with Gasteiger partial charge in [0.1, 0.15) is 5.69 Å². The lowest BCUT2D eigenvalue weighted by Crippen LogP contribution is -2.42. The summed E-state index contributed by atoms with van der Waals surface area (Å²) in [4.78, 5) is 23.0. The molecule has 6 nitrogen and oxygen atoms in total. The van der Waals surface area contributed by atoms with Crippen molar-refractivity contribution in [3.05, 3.63) is 17.5 Å². The van der Waals surface area contributed by atoms with Crippen LogP contribution in [0.2, 0.25) is 0 Å². The van der Waals surface area contributed by atoms with E-state index < -0.39 is 5.97 Å². The molecule has 1 aliphatic heterocycles. The van der Waals surface area contributed by atoms with Crippen LogP contribution < -0.4 is 5.32 Å². The largest absolute Gasteiger partial charge is 0.461 e. The maximum Gasteiger partial charge on any atom is 0.358 e. The first-order valence-corrected chi connectivity index (χ1v) is 5.17. The first kappa shape index (κ1) is 10.7. The van der Waals surface area contributed by atoms with Gasteiger partial charge in [-0.1, -0.05) is 0 Å². The molecule has 0 radical (unpaired) electrons. The average Bonchev–Trinajstić information content (AvgIpc) is 2.62. The maximum absolute atomic E-state index is 11.6. The van der Waals surface area contributed by atoms with E-state index in [4.69, 9.17) is 4.74 Å². The molecular formula is C10H13N3O3. The van der Waals surface area contributed by atoms with Crippen molar-refractivity contribution in [3.63, 3.8) is 0 Å². The highest BCUT2D eigenvalue weighted by Crippen LogP contribution is 2.11. The van der Waals surface area contributed by atoms with Gasteiger partial charge in [0.25, 0.3) is 5.91 Å². The first-order valence-electron chi connectivity index (χ1n) is 5.17. The summed E-state index contributed by atoms with van der Waals surface area (Å²) in [5.41, 5.74) is 0.585. The summed E-state index contributed by atoms with van der Waals surface area (Å²) in [6, 6.07) is 1.48. The zero-order valence-electron chi connectivity index (χ0n) is 9.19. The fourth-order valence-electron chi connectivity index (χ4n) is 1.65. The van der Waals surface area contributed by atoms with Crippen LogP contribution in [0, 0.1) is 0 Å². The Bertz CT molecular complexity index is 439. The second kappa shape index (κ2) is 3.96. The van der Waals surface area contributed by atoms with Crippen LogP contribution in [0.5, 0.6) is 0 Å². The Morgan fingerprint density at radius 1 is 1.75 bits per heavy atom. The lowest BCUT2D eigenvalue weighted by molar-refractivity contribution is 0.0518.